The maximum absolute atomic E-state index is 11.7. The van der Waals surface area contributed by atoms with Gasteiger partial charge in [0.15, 0.2) is 0 Å². The van der Waals surface area contributed by atoms with Gasteiger partial charge in [0.2, 0.25) is 11.8 Å². The maximum Gasteiger partial charge on any atom is 0.251 e. The lowest BCUT2D eigenvalue weighted by Gasteiger charge is -2.17. The van der Waals surface area contributed by atoms with Crippen LogP contribution in [0.1, 0.15) is 36.7 Å². The fourth-order valence-electron chi connectivity index (χ4n) is 1.61. The van der Waals surface area contributed by atoms with Gasteiger partial charge in [0.25, 0.3) is 5.91 Å². The Hall–Kier alpha value is -2.37. The van der Waals surface area contributed by atoms with Crippen LogP contribution in [-0.4, -0.2) is 31.3 Å². The summed E-state index contributed by atoms with van der Waals surface area (Å²) >= 11 is 0. The van der Waals surface area contributed by atoms with Gasteiger partial charge in [0.05, 0.1) is 6.54 Å². The second-order valence-corrected chi connectivity index (χ2v) is 5.99. The molecule has 0 aliphatic rings. The van der Waals surface area contributed by atoms with Gasteiger partial charge in [-0.1, -0.05) is 32.9 Å². The summed E-state index contributed by atoms with van der Waals surface area (Å²) in [4.78, 5) is 34.7. The Bertz CT molecular complexity index is 545. The standard InChI is InChI=1S/C16H23N3O3/c1-16(2,3)15(22)19-10-13(20)18-9-11-5-7-12(8-6-11)14(21)17-4/h5-8H,9-10H2,1-4H3,(H,17,21)(H,18,20)(H,19,22). The predicted molar refractivity (Wildman–Crippen MR) is 84.1 cm³/mol. The van der Waals surface area contributed by atoms with Crippen LogP contribution in [0.4, 0.5) is 0 Å². The van der Waals surface area contributed by atoms with Crippen LogP contribution in [0.5, 0.6) is 0 Å². The molecule has 120 valence electrons. The monoisotopic (exact) mass is 305 g/mol. The van der Waals surface area contributed by atoms with Gasteiger partial charge in [-0.3, -0.25) is 14.4 Å². The largest absolute Gasteiger partial charge is 0.355 e. The Labute approximate surface area is 130 Å². The highest BCUT2D eigenvalue weighted by molar-refractivity contribution is 5.94. The normalized spacial score (nSPS) is 10.7. The molecule has 0 atom stereocenters. The molecule has 0 unspecified atom stereocenters. The molecule has 0 aliphatic carbocycles. The van der Waals surface area contributed by atoms with Crippen LogP contribution in [0.2, 0.25) is 0 Å². The van der Waals surface area contributed by atoms with Gasteiger partial charge in [-0.25, -0.2) is 0 Å². The molecule has 3 amide bonds. The molecule has 0 aromatic heterocycles. The van der Waals surface area contributed by atoms with Gasteiger partial charge < -0.3 is 16.0 Å². The van der Waals surface area contributed by atoms with Gasteiger partial charge in [-0.15, -0.1) is 0 Å². The average molecular weight is 305 g/mol. The van der Waals surface area contributed by atoms with Crippen LogP contribution in [0.3, 0.4) is 0 Å². The van der Waals surface area contributed by atoms with E-state index >= 15 is 0 Å². The average Bonchev–Trinajstić information content (AvgIpc) is 2.49. The zero-order valence-corrected chi connectivity index (χ0v) is 13.4. The highest BCUT2D eigenvalue weighted by atomic mass is 16.2. The quantitative estimate of drug-likeness (QED) is 0.753. The van der Waals surface area contributed by atoms with Crippen LogP contribution >= 0.6 is 0 Å². The number of benzene rings is 1. The van der Waals surface area contributed by atoms with Crippen molar-refractivity contribution in [1.82, 2.24) is 16.0 Å². The number of carbonyl (C=O) groups is 3. The molecule has 0 saturated carbocycles. The first-order valence-electron chi connectivity index (χ1n) is 7.10. The van der Waals surface area contributed by atoms with Crippen LogP contribution in [0.15, 0.2) is 24.3 Å². The smallest absolute Gasteiger partial charge is 0.251 e. The zero-order valence-electron chi connectivity index (χ0n) is 13.4. The van der Waals surface area contributed by atoms with E-state index in [-0.39, 0.29) is 24.3 Å². The number of rotatable bonds is 5. The molecule has 1 aromatic rings. The number of nitrogens with one attached hydrogen (secondary N) is 3. The van der Waals surface area contributed by atoms with E-state index in [1.165, 1.54) is 0 Å². The van der Waals surface area contributed by atoms with E-state index in [1.54, 1.807) is 52.1 Å². The van der Waals surface area contributed by atoms with Crippen LogP contribution < -0.4 is 16.0 Å². The van der Waals surface area contributed by atoms with Crippen LogP contribution in [0.25, 0.3) is 0 Å². The van der Waals surface area contributed by atoms with E-state index in [4.69, 9.17) is 0 Å². The molecule has 6 nitrogen and oxygen atoms in total. The predicted octanol–water partition coefficient (Wildman–Crippen LogP) is 0.825. The van der Waals surface area contributed by atoms with Crippen molar-refractivity contribution in [1.29, 1.82) is 0 Å². The van der Waals surface area contributed by atoms with Crippen molar-refractivity contribution >= 4 is 17.7 Å². The van der Waals surface area contributed by atoms with Gasteiger partial charge in [0, 0.05) is 24.6 Å². The SMILES string of the molecule is CNC(=O)c1ccc(CNC(=O)CNC(=O)C(C)(C)C)cc1. The summed E-state index contributed by atoms with van der Waals surface area (Å²) in [5.41, 5.74) is 0.925. The molecule has 0 fully saturated rings. The highest BCUT2D eigenvalue weighted by Crippen LogP contribution is 2.11. The van der Waals surface area contributed by atoms with Crippen molar-refractivity contribution in [3.8, 4) is 0 Å². The third-order valence-corrected chi connectivity index (χ3v) is 3.02. The van der Waals surface area contributed by atoms with E-state index in [9.17, 15) is 14.4 Å². The number of hydrogen-bond donors (Lipinski definition) is 3. The van der Waals surface area contributed by atoms with Crippen molar-refractivity contribution in [2.75, 3.05) is 13.6 Å². The molecule has 3 N–H and O–H groups in total. The third kappa shape index (κ3) is 5.55. The lowest BCUT2D eigenvalue weighted by atomic mass is 9.96. The molecule has 6 heteroatoms. The van der Waals surface area contributed by atoms with Gasteiger partial charge in [-0.05, 0) is 17.7 Å². The van der Waals surface area contributed by atoms with E-state index in [2.05, 4.69) is 16.0 Å². The zero-order chi connectivity index (χ0) is 16.8. The Morgan fingerprint density at radius 2 is 1.59 bits per heavy atom. The van der Waals surface area contributed by atoms with Crippen LogP contribution in [-0.2, 0) is 16.1 Å². The van der Waals surface area contributed by atoms with Crippen molar-refractivity contribution in [3.05, 3.63) is 35.4 Å². The van der Waals surface area contributed by atoms with Gasteiger partial charge in [0.1, 0.15) is 0 Å². The Morgan fingerprint density at radius 3 is 2.09 bits per heavy atom. The second-order valence-electron chi connectivity index (χ2n) is 5.99. The fourth-order valence-corrected chi connectivity index (χ4v) is 1.61. The molecule has 0 aliphatic heterocycles. The van der Waals surface area contributed by atoms with Crippen LogP contribution in [0, 0.1) is 5.41 Å². The first-order chi connectivity index (χ1) is 10.2. The second kappa shape index (κ2) is 7.59. The Balaban J connectivity index is 2.41. The minimum Gasteiger partial charge on any atom is -0.355 e. The topological polar surface area (TPSA) is 87.3 Å². The summed E-state index contributed by atoms with van der Waals surface area (Å²) in [7, 11) is 1.57. The van der Waals surface area contributed by atoms with E-state index in [0.29, 0.717) is 12.1 Å². The minimum absolute atomic E-state index is 0.0492. The lowest BCUT2D eigenvalue weighted by molar-refractivity contribution is -0.131. The van der Waals surface area contributed by atoms with E-state index in [1.807, 2.05) is 0 Å². The molecular weight excluding hydrogens is 282 g/mol. The number of hydrogen-bond acceptors (Lipinski definition) is 3. The number of amides is 3. The molecule has 22 heavy (non-hydrogen) atoms. The summed E-state index contributed by atoms with van der Waals surface area (Å²) in [5, 5.41) is 7.84. The van der Waals surface area contributed by atoms with Crippen molar-refractivity contribution < 1.29 is 14.4 Å². The molecule has 0 saturated heterocycles. The summed E-state index contributed by atoms with van der Waals surface area (Å²) in [6, 6.07) is 6.95. The molecule has 0 radical (unpaired) electrons. The first kappa shape index (κ1) is 17.7. The van der Waals surface area contributed by atoms with Crippen molar-refractivity contribution in [2.24, 2.45) is 5.41 Å². The van der Waals surface area contributed by atoms with Crippen molar-refractivity contribution in [2.45, 2.75) is 27.3 Å². The van der Waals surface area contributed by atoms with Crippen molar-refractivity contribution in [3.63, 3.8) is 0 Å². The summed E-state index contributed by atoms with van der Waals surface area (Å²) in [5.74, 6) is -0.578. The Morgan fingerprint density at radius 1 is 1.00 bits per heavy atom. The van der Waals surface area contributed by atoms with Gasteiger partial charge >= 0.3 is 0 Å². The van der Waals surface area contributed by atoms with E-state index in [0.717, 1.165) is 5.56 Å². The number of carbonyl (C=O) groups excluding carboxylic acids is 3. The maximum atomic E-state index is 11.7. The Kier molecular flexibility index (Phi) is 6.10. The summed E-state index contributed by atoms with van der Waals surface area (Å²) < 4.78 is 0. The summed E-state index contributed by atoms with van der Waals surface area (Å²) in [6.45, 7) is 5.65. The fraction of sp³-hybridized carbons (Fsp3) is 0.438. The molecule has 0 spiro atoms. The molecule has 0 heterocycles. The minimum atomic E-state index is -0.518. The highest BCUT2D eigenvalue weighted by Gasteiger charge is 2.21. The first-order valence-corrected chi connectivity index (χ1v) is 7.10. The molecular formula is C16H23N3O3. The molecule has 0 bridgehead atoms. The molecule has 1 aromatic carbocycles. The van der Waals surface area contributed by atoms with Gasteiger partial charge in [-0.2, -0.15) is 0 Å². The lowest BCUT2D eigenvalue weighted by Crippen LogP contribution is -2.41. The van der Waals surface area contributed by atoms with E-state index < -0.39 is 5.41 Å². The molecule has 1 rings (SSSR count). The summed E-state index contributed by atoms with van der Waals surface area (Å²) in [6.07, 6.45) is 0. The third-order valence-electron chi connectivity index (χ3n) is 3.02.